The number of hydrogen-bond donors (Lipinski definition) is 2. The van der Waals surface area contributed by atoms with Crippen LogP contribution in [-0.4, -0.2) is 52.3 Å². The van der Waals surface area contributed by atoms with Gasteiger partial charge in [-0.25, -0.2) is 4.98 Å². The van der Waals surface area contributed by atoms with Crippen molar-refractivity contribution in [1.29, 1.82) is 0 Å². The van der Waals surface area contributed by atoms with Crippen LogP contribution in [0.25, 0.3) is 10.9 Å². The van der Waals surface area contributed by atoms with Crippen molar-refractivity contribution in [1.82, 2.24) is 14.9 Å². The molecule has 5 nitrogen and oxygen atoms in total. The largest absolute Gasteiger partial charge is 0.392 e. The van der Waals surface area contributed by atoms with E-state index in [0.29, 0.717) is 0 Å². The molecule has 21 heavy (non-hydrogen) atoms. The van der Waals surface area contributed by atoms with Gasteiger partial charge in [0.25, 0.3) is 0 Å². The monoisotopic (exact) mass is 286 g/mol. The van der Waals surface area contributed by atoms with Crippen molar-refractivity contribution in [2.75, 3.05) is 31.5 Å². The first-order valence-electron chi connectivity index (χ1n) is 7.59. The van der Waals surface area contributed by atoms with E-state index in [0.717, 1.165) is 61.4 Å². The summed E-state index contributed by atoms with van der Waals surface area (Å²) in [5.41, 5.74) is 1.98. The average Bonchev–Trinajstić information content (AvgIpc) is 2.47. The second-order valence-corrected chi connectivity index (χ2v) is 5.68. The van der Waals surface area contributed by atoms with Crippen molar-refractivity contribution in [2.45, 2.75) is 25.9 Å². The first-order valence-corrected chi connectivity index (χ1v) is 7.59. The molecular formula is C16H22N4O. The fourth-order valence-corrected chi connectivity index (χ4v) is 2.87. The molecule has 0 radical (unpaired) electrons. The molecule has 0 bridgehead atoms. The first kappa shape index (κ1) is 14.2. The van der Waals surface area contributed by atoms with E-state index in [9.17, 15) is 5.11 Å². The van der Waals surface area contributed by atoms with Crippen molar-refractivity contribution in [3.63, 3.8) is 0 Å². The Morgan fingerprint density at radius 2 is 2.29 bits per heavy atom. The Morgan fingerprint density at radius 1 is 1.38 bits per heavy atom. The lowest BCUT2D eigenvalue weighted by Crippen LogP contribution is -2.40. The van der Waals surface area contributed by atoms with Crippen LogP contribution in [0, 0.1) is 6.92 Å². The van der Waals surface area contributed by atoms with Crippen LogP contribution in [-0.2, 0) is 0 Å². The highest BCUT2D eigenvalue weighted by molar-refractivity contribution is 5.81. The molecule has 0 aliphatic carbocycles. The quantitative estimate of drug-likeness (QED) is 0.897. The highest BCUT2D eigenvalue weighted by Gasteiger charge is 2.16. The summed E-state index contributed by atoms with van der Waals surface area (Å²) in [5.74, 6) is 0.894. The Kier molecular flexibility index (Phi) is 4.31. The van der Waals surface area contributed by atoms with Gasteiger partial charge in [0, 0.05) is 36.9 Å². The molecule has 1 aliphatic rings. The number of rotatable bonds is 4. The summed E-state index contributed by atoms with van der Waals surface area (Å²) in [4.78, 5) is 11.2. The number of β-amino-alcohol motifs (C(OH)–C–C–N with tert-alkyl or cyclic N) is 1. The summed E-state index contributed by atoms with van der Waals surface area (Å²) in [6, 6.07) is 6.01. The Labute approximate surface area is 125 Å². The number of hydrogen-bond acceptors (Lipinski definition) is 5. The number of likely N-dealkylation sites (tertiary alicyclic amines) is 1. The summed E-state index contributed by atoms with van der Waals surface area (Å²) < 4.78 is 0. The summed E-state index contributed by atoms with van der Waals surface area (Å²) in [7, 11) is 0. The van der Waals surface area contributed by atoms with Crippen molar-refractivity contribution < 1.29 is 5.11 Å². The van der Waals surface area contributed by atoms with Crippen molar-refractivity contribution in [3.05, 3.63) is 30.1 Å². The highest BCUT2D eigenvalue weighted by atomic mass is 16.3. The fourth-order valence-electron chi connectivity index (χ4n) is 2.87. The number of nitrogens with one attached hydrogen (secondary N) is 1. The second-order valence-electron chi connectivity index (χ2n) is 5.68. The number of anilines is 1. The molecule has 0 amide bonds. The zero-order valence-corrected chi connectivity index (χ0v) is 12.4. The van der Waals surface area contributed by atoms with Crippen LogP contribution in [0.2, 0.25) is 0 Å². The molecule has 1 fully saturated rings. The smallest absolute Gasteiger partial charge is 0.126 e. The summed E-state index contributed by atoms with van der Waals surface area (Å²) in [5, 5.41) is 14.1. The van der Waals surface area contributed by atoms with E-state index < -0.39 is 0 Å². The Hall–Kier alpha value is -1.72. The standard InChI is InChI=1S/C16H22N4O/c1-12-14-4-5-16(19-15(14)6-7-17-12)18-8-10-20-9-2-3-13(21)11-20/h4-7,13,21H,2-3,8-11H2,1H3,(H,18,19). The maximum Gasteiger partial charge on any atom is 0.126 e. The number of fused-ring (bicyclic) bond motifs is 1. The van der Waals surface area contributed by atoms with E-state index >= 15 is 0 Å². The van der Waals surface area contributed by atoms with Gasteiger partial charge in [-0.3, -0.25) is 9.88 Å². The van der Waals surface area contributed by atoms with Gasteiger partial charge in [0.05, 0.1) is 11.6 Å². The molecule has 2 aromatic heterocycles. The lowest BCUT2D eigenvalue weighted by molar-refractivity contribution is 0.0730. The molecule has 112 valence electrons. The first-order chi connectivity index (χ1) is 10.2. The number of nitrogens with zero attached hydrogens (tertiary/aromatic N) is 3. The molecule has 0 spiro atoms. The molecular weight excluding hydrogens is 264 g/mol. The van der Waals surface area contributed by atoms with Gasteiger partial charge >= 0.3 is 0 Å². The Bertz CT molecular complexity index is 616. The SMILES string of the molecule is Cc1nccc2nc(NCCN3CCCC(O)C3)ccc12. The zero-order valence-electron chi connectivity index (χ0n) is 12.4. The van der Waals surface area contributed by atoms with Crippen molar-refractivity contribution in [3.8, 4) is 0 Å². The molecule has 5 heteroatoms. The maximum atomic E-state index is 9.66. The summed E-state index contributed by atoms with van der Waals surface area (Å²) in [6.45, 7) is 5.65. The number of aliphatic hydroxyl groups is 1. The predicted molar refractivity (Wildman–Crippen MR) is 84.4 cm³/mol. The lowest BCUT2D eigenvalue weighted by atomic mass is 10.1. The van der Waals surface area contributed by atoms with E-state index in [-0.39, 0.29) is 6.10 Å². The Morgan fingerprint density at radius 3 is 3.14 bits per heavy atom. The van der Waals surface area contributed by atoms with Gasteiger partial charge < -0.3 is 10.4 Å². The van der Waals surface area contributed by atoms with Gasteiger partial charge in [-0.2, -0.15) is 0 Å². The summed E-state index contributed by atoms with van der Waals surface area (Å²) in [6.07, 6.45) is 3.66. The minimum atomic E-state index is -0.159. The zero-order chi connectivity index (χ0) is 14.7. The minimum absolute atomic E-state index is 0.159. The van der Waals surface area contributed by atoms with E-state index in [1.54, 1.807) is 6.20 Å². The molecule has 2 aromatic rings. The normalized spacial score (nSPS) is 19.8. The Balaban J connectivity index is 1.58. The molecule has 1 unspecified atom stereocenters. The van der Waals surface area contributed by atoms with E-state index in [1.165, 1.54) is 0 Å². The van der Waals surface area contributed by atoms with Crippen molar-refractivity contribution >= 4 is 16.7 Å². The molecule has 3 heterocycles. The molecule has 2 N–H and O–H groups in total. The van der Waals surface area contributed by atoms with Gasteiger partial charge in [0.1, 0.15) is 5.82 Å². The summed E-state index contributed by atoms with van der Waals surface area (Å²) >= 11 is 0. The third-order valence-electron chi connectivity index (χ3n) is 4.03. The van der Waals surface area contributed by atoms with Crippen LogP contribution >= 0.6 is 0 Å². The van der Waals surface area contributed by atoms with Crippen LogP contribution < -0.4 is 5.32 Å². The van der Waals surface area contributed by atoms with Gasteiger partial charge in [-0.15, -0.1) is 0 Å². The van der Waals surface area contributed by atoms with E-state index in [1.807, 2.05) is 19.1 Å². The van der Waals surface area contributed by atoms with Crippen LogP contribution in [0.4, 0.5) is 5.82 Å². The van der Waals surface area contributed by atoms with Crippen molar-refractivity contribution in [2.24, 2.45) is 0 Å². The third kappa shape index (κ3) is 3.49. The number of aromatic nitrogens is 2. The van der Waals surface area contributed by atoms with Gasteiger partial charge in [-0.1, -0.05) is 0 Å². The number of pyridine rings is 2. The van der Waals surface area contributed by atoms with E-state index in [4.69, 9.17) is 0 Å². The number of aryl methyl sites for hydroxylation is 1. The lowest BCUT2D eigenvalue weighted by Gasteiger charge is -2.29. The minimum Gasteiger partial charge on any atom is -0.392 e. The third-order valence-corrected chi connectivity index (χ3v) is 4.03. The predicted octanol–water partition coefficient (Wildman–Crippen LogP) is 1.81. The second kappa shape index (κ2) is 6.37. The van der Waals surface area contributed by atoms with Gasteiger partial charge in [0.15, 0.2) is 0 Å². The van der Waals surface area contributed by atoms with Crippen LogP contribution in [0.15, 0.2) is 24.4 Å². The molecule has 0 saturated carbocycles. The average molecular weight is 286 g/mol. The molecule has 3 rings (SSSR count). The van der Waals surface area contributed by atoms with E-state index in [2.05, 4.69) is 26.3 Å². The molecule has 1 aliphatic heterocycles. The molecule has 0 aromatic carbocycles. The van der Waals surface area contributed by atoms with Crippen LogP contribution in [0.3, 0.4) is 0 Å². The van der Waals surface area contributed by atoms with Gasteiger partial charge in [-0.05, 0) is 44.5 Å². The maximum absolute atomic E-state index is 9.66. The molecule has 1 saturated heterocycles. The van der Waals surface area contributed by atoms with Gasteiger partial charge in [0.2, 0.25) is 0 Å². The van der Waals surface area contributed by atoms with Crippen LogP contribution in [0.5, 0.6) is 0 Å². The number of aliphatic hydroxyl groups excluding tert-OH is 1. The number of piperidine rings is 1. The molecule has 1 atom stereocenters. The topological polar surface area (TPSA) is 61.3 Å². The van der Waals surface area contributed by atoms with Crippen LogP contribution in [0.1, 0.15) is 18.5 Å². The fraction of sp³-hybridized carbons (Fsp3) is 0.500. The highest BCUT2D eigenvalue weighted by Crippen LogP contribution is 2.17.